The first-order valence-electron chi connectivity index (χ1n) is 3.69. The van der Waals surface area contributed by atoms with Gasteiger partial charge in [0.2, 0.25) is 0 Å². The number of hydrogen-bond donors (Lipinski definition) is 0. The number of rotatable bonds is 3. The molecule has 1 aromatic heterocycles. The predicted octanol–water partition coefficient (Wildman–Crippen LogP) is 0.410. The minimum absolute atomic E-state index is 0.274. The van der Waals surface area contributed by atoms with Crippen LogP contribution in [-0.2, 0) is 16.9 Å². The van der Waals surface area contributed by atoms with Gasteiger partial charge in [-0.1, -0.05) is 0 Å². The van der Waals surface area contributed by atoms with Crippen LogP contribution in [0.5, 0.6) is 0 Å². The molecular weight excluding hydrogens is 272 g/mol. The number of carbonyl (C=O) groups is 1. The lowest BCUT2D eigenvalue weighted by molar-refractivity contribution is 0.101. The molecule has 5 nitrogen and oxygen atoms in total. The summed E-state index contributed by atoms with van der Waals surface area (Å²) in [5.41, 5.74) is 0.274. The Morgan fingerprint density at radius 2 is 2.21 bits per heavy atom. The average Bonchev–Trinajstić information content (AvgIpc) is 2.27. The number of halogens is 1. The lowest BCUT2D eigenvalue weighted by Crippen LogP contribution is -2.18. The van der Waals surface area contributed by atoms with Crippen molar-refractivity contribution in [2.75, 3.05) is 12.0 Å². The molecule has 0 unspecified atom stereocenters. The highest BCUT2D eigenvalue weighted by atomic mass is 79.9. The molecule has 0 saturated carbocycles. The quantitative estimate of drug-likeness (QED) is 0.752. The van der Waals surface area contributed by atoms with Crippen molar-refractivity contribution in [3.05, 3.63) is 16.4 Å². The van der Waals surface area contributed by atoms with Crippen LogP contribution < -0.4 is 0 Å². The monoisotopic (exact) mass is 280 g/mol. The van der Waals surface area contributed by atoms with Gasteiger partial charge in [0.1, 0.15) is 11.4 Å². The van der Waals surface area contributed by atoms with E-state index in [0.717, 1.165) is 6.26 Å². The highest BCUT2D eigenvalue weighted by Gasteiger charge is 2.19. The number of aryl methyl sites for hydroxylation is 1. The summed E-state index contributed by atoms with van der Waals surface area (Å²) in [5.74, 6) is -0.954. The number of hydrogen-bond acceptors (Lipinski definition) is 4. The molecule has 0 spiro atoms. The number of nitrogens with zero attached hydrogens (tertiary/aromatic N) is 2. The van der Waals surface area contributed by atoms with Gasteiger partial charge < -0.3 is 0 Å². The maximum absolute atomic E-state index is 11.5. The van der Waals surface area contributed by atoms with Gasteiger partial charge in [0.15, 0.2) is 15.6 Å². The van der Waals surface area contributed by atoms with Crippen molar-refractivity contribution in [1.29, 1.82) is 0 Å². The van der Waals surface area contributed by atoms with Crippen molar-refractivity contribution in [1.82, 2.24) is 9.78 Å². The van der Waals surface area contributed by atoms with Crippen molar-refractivity contribution in [2.24, 2.45) is 7.05 Å². The van der Waals surface area contributed by atoms with Gasteiger partial charge in [-0.2, -0.15) is 5.10 Å². The topological polar surface area (TPSA) is 69.0 Å². The van der Waals surface area contributed by atoms with Crippen LogP contribution in [0.25, 0.3) is 0 Å². The van der Waals surface area contributed by atoms with Gasteiger partial charge >= 0.3 is 0 Å². The van der Waals surface area contributed by atoms with Gasteiger partial charge in [0.05, 0.1) is 10.7 Å². The van der Waals surface area contributed by atoms with Gasteiger partial charge in [0, 0.05) is 13.3 Å². The van der Waals surface area contributed by atoms with Gasteiger partial charge in [-0.15, -0.1) is 0 Å². The van der Waals surface area contributed by atoms with E-state index in [4.69, 9.17) is 0 Å². The second-order valence-corrected chi connectivity index (χ2v) is 5.95. The minimum atomic E-state index is -3.29. The fraction of sp³-hybridized carbons (Fsp3) is 0.429. The van der Waals surface area contributed by atoms with Gasteiger partial charge in [-0.25, -0.2) is 8.42 Å². The van der Waals surface area contributed by atoms with Gasteiger partial charge in [-0.05, 0) is 15.9 Å². The smallest absolute Gasteiger partial charge is 0.196 e. The predicted molar refractivity (Wildman–Crippen MR) is 54.9 cm³/mol. The van der Waals surface area contributed by atoms with Crippen LogP contribution in [0.15, 0.2) is 10.7 Å². The Morgan fingerprint density at radius 3 is 2.57 bits per heavy atom. The lowest BCUT2D eigenvalue weighted by atomic mass is 10.3. The Bertz CT molecular complexity index is 444. The molecule has 1 rings (SSSR count). The van der Waals surface area contributed by atoms with Crippen molar-refractivity contribution in [3.63, 3.8) is 0 Å². The molecule has 14 heavy (non-hydrogen) atoms. The van der Waals surface area contributed by atoms with E-state index in [1.807, 2.05) is 0 Å². The van der Waals surface area contributed by atoms with Gasteiger partial charge in [0.25, 0.3) is 0 Å². The van der Waals surface area contributed by atoms with Crippen molar-refractivity contribution < 1.29 is 13.2 Å². The Balaban J connectivity index is 3.02. The van der Waals surface area contributed by atoms with E-state index in [1.54, 1.807) is 7.05 Å². The normalized spacial score (nSPS) is 11.6. The third-order valence-electron chi connectivity index (χ3n) is 1.55. The molecule has 0 N–H and O–H groups in total. The Labute approximate surface area is 90.2 Å². The number of ketones is 1. The van der Waals surface area contributed by atoms with Crippen LogP contribution in [0.3, 0.4) is 0 Å². The highest BCUT2D eigenvalue weighted by molar-refractivity contribution is 9.10. The summed E-state index contributed by atoms with van der Waals surface area (Å²) in [5, 5.41) is 3.82. The van der Waals surface area contributed by atoms with Crippen LogP contribution in [0, 0.1) is 0 Å². The first-order valence-corrected chi connectivity index (χ1v) is 6.55. The minimum Gasteiger partial charge on any atom is -0.291 e. The fourth-order valence-electron chi connectivity index (χ4n) is 1.03. The van der Waals surface area contributed by atoms with Crippen LogP contribution in [0.1, 0.15) is 10.5 Å². The standard InChI is InChI=1S/C7H9BrN2O3S/c1-10-7(5(8)3-9-10)6(11)4-14(2,12)13/h3H,4H2,1-2H3. The molecule has 0 saturated heterocycles. The molecule has 0 aliphatic carbocycles. The van der Waals surface area contributed by atoms with Crippen LogP contribution in [-0.4, -0.2) is 36.0 Å². The maximum atomic E-state index is 11.5. The second kappa shape index (κ2) is 3.82. The zero-order valence-electron chi connectivity index (χ0n) is 7.69. The van der Waals surface area contributed by atoms with E-state index >= 15 is 0 Å². The summed E-state index contributed by atoms with van der Waals surface area (Å²) in [7, 11) is -1.71. The number of Topliss-reactive ketones (excluding diaryl/α,β-unsaturated/α-hetero) is 1. The summed E-state index contributed by atoms with van der Waals surface area (Å²) in [6.07, 6.45) is 2.48. The van der Waals surface area contributed by atoms with Crippen molar-refractivity contribution in [2.45, 2.75) is 0 Å². The zero-order chi connectivity index (χ0) is 10.9. The molecule has 0 aliphatic rings. The third-order valence-corrected chi connectivity index (χ3v) is 2.92. The first kappa shape index (κ1) is 11.4. The second-order valence-electron chi connectivity index (χ2n) is 2.96. The van der Waals surface area contributed by atoms with E-state index in [1.165, 1.54) is 10.9 Å². The summed E-state index contributed by atoms with van der Waals surface area (Å²) in [4.78, 5) is 11.5. The Hall–Kier alpha value is -0.690. The van der Waals surface area contributed by atoms with Crippen LogP contribution >= 0.6 is 15.9 Å². The van der Waals surface area contributed by atoms with Crippen molar-refractivity contribution >= 4 is 31.6 Å². The largest absolute Gasteiger partial charge is 0.291 e. The van der Waals surface area contributed by atoms with Crippen molar-refractivity contribution in [3.8, 4) is 0 Å². The van der Waals surface area contributed by atoms with E-state index in [0.29, 0.717) is 4.47 Å². The SMILES string of the molecule is Cn1ncc(Br)c1C(=O)CS(C)(=O)=O. The summed E-state index contributed by atoms with van der Waals surface area (Å²) >= 11 is 3.13. The van der Waals surface area contributed by atoms with E-state index in [2.05, 4.69) is 21.0 Å². The Morgan fingerprint density at radius 1 is 1.64 bits per heavy atom. The molecule has 1 heterocycles. The first-order chi connectivity index (χ1) is 6.31. The molecule has 0 amide bonds. The van der Waals surface area contributed by atoms with E-state index in [-0.39, 0.29) is 5.69 Å². The van der Waals surface area contributed by atoms with Gasteiger partial charge in [-0.3, -0.25) is 9.48 Å². The summed E-state index contributed by atoms with van der Waals surface area (Å²) in [6, 6.07) is 0. The Kier molecular flexibility index (Phi) is 3.10. The molecule has 0 aromatic carbocycles. The maximum Gasteiger partial charge on any atom is 0.196 e. The third kappa shape index (κ3) is 2.65. The number of aromatic nitrogens is 2. The molecule has 0 radical (unpaired) electrons. The number of sulfone groups is 1. The van der Waals surface area contributed by atoms with E-state index in [9.17, 15) is 13.2 Å². The molecular formula is C7H9BrN2O3S. The summed E-state index contributed by atoms with van der Waals surface area (Å²) in [6.45, 7) is 0. The molecule has 0 atom stereocenters. The molecule has 1 aromatic rings. The lowest BCUT2D eigenvalue weighted by Gasteiger charge is -2.00. The number of carbonyl (C=O) groups excluding carboxylic acids is 1. The zero-order valence-corrected chi connectivity index (χ0v) is 10.1. The molecule has 7 heteroatoms. The molecule has 0 bridgehead atoms. The van der Waals surface area contributed by atoms with Crippen LogP contribution in [0.2, 0.25) is 0 Å². The molecule has 0 fully saturated rings. The fourth-order valence-corrected chi connectivity index (χ4v) is 2.21. The highest BCUT2D eigenvalue weighted by Crippen LogP contribution is 2.15. The van der Waals surface area contributed by atoms with Crippen LogP contribution in [0.4, 0.5) is 0 Å². The van der Waals surface area contributed by atoms with E-state index < -0.39 is 21.4 Å². The summed E-state index contributed by atoms with van der Waals surface area (Å²) < 4.78 is 23.6. The molecule has 78 valence electrons. The molecule has 0 aliphatic heterocycles. The average molecular weight is 281 g/mol.